The standard InChI is InChI=1S/C26H38N2O/c1-4-6-8-9-21-10-12-22(13-11-21)25-15-14-23(17-20(25)3)26-27-18-24(19-28-26)29-16-7-5-2/h14-15,17-19,21-22H,4-13,16H2,1-3H3/t21-,22-. The van der Waals surface area contributed by atoms with Crippen molar-refractivity contribution in [1.82, 2.24) is 9.97 Å². The predicted octanol–water partition coefficient (Wildman–Crippen LogP) is 7.49. The normalized spacial score (nSPS) is 19.3. The fraction of sp³-hybridized carbons (Fsp3) is 0.615. The molecule has 0 spiro atoms. The minimum Gasteiger partial charge on any atom is -0.490 e. The summed E-state index contributed by atoms with van der Waals surface area (Å²) in [7, 11) is 0. The molecule has 2 aromatic rings. The van der Waals surface area contributed by atoms with Gasteiger partial charge in [0, 0.05) is 5.56 Å². The molecule has 1 aromatic heterocycles. The van der Waals surface area contributed by atoms with Crippen LogP contribution < -0.4 is 4.74 Å². The maximum Gasteiger partial charge on any atom is 0.159 e. The molecule has 0 bridgehead atoms. The van der Waals surface area contributed by atoms with Crippen molar-refractivity contribution in [3.63, 3.8) is 0 Å². The molecule has 1 aliphatic carbocycles. The largest absolute Gasteiger partial charge is 0.490 e. The van der Waals surface area contributed by atoms with Gasteiger partial charge in [-0.15, -0.1) is 0 Å². The van der Waals surface area contributed by atoms with Crippen LogP contribution in [0.3, 0.4) is 0 Å². The molecule has 0 unspecified atom stereocenters. The Bertz CT molecular complexity index is 733. The number of benzene rings is 1. The van der Waals surface area contributed by atoms with Gasteiger partial charge in [-0.2, -0.15) is 0 Å². The zero-order valence-electron chi connectivity index (χ0n) is 18.6. The molecular weight excluding hydrogens is 356 g/mol. The van der Waals surface area contributed by atoms with Crippen molar-refractivity contribution in [3.8, 4) is 17.1 Å². The minimum absolute atomic E-state index is 0.724. The van der Waals surface area contributed by atoms with Crippen LogP contribution in [0.25, 0.3) is 11.4 Å². The monoisotopic (exact) mass is 394 g/mol. The average molecular weight is 395 g/mol. The summed E-state index contributed by atoms with van der Waals surface area (Å²) in [4.78, 5) is 9.04. The Labute approximate surface area is 177 Å². The molecule has 0 aliphatic heterocycles. The highest BCUT2D eigenvalue weighted by molar-refractivity contribution is 5.57. The molecule has 0 atom stereocenters. The van der Waals surface area contributed by atoms with Gasteiger partial charge in [0.2, 0.25) is 0 Å². The van der Waals surface area contributed by atoms with E-state index in [1.165, 1.54) is 62.5 Å². The van der Waals surface area contributed by atoms with Crippen molar-refractivity contribution in [2.24, 2.45) is 5.92 Å². The summed E-state index contributed by atoms with van der Waals surface area (Å²) < 4.78 is 5.67. The van der Waals surface area contributed by atoms with Crippen LogP contribution in [0.15, 0.2) is 30.6 Å². The topological polar surface area (TPSA) is 35.0 Å². The average Bonchev–Trinajstić information content (AvgIpc) is 2.75. The summed E-state index contributed by atoms with van der Waals surface area (Å²) in [6.07, 6.45) is 16.9. The second kappa shape index (κ2) is 11.3. The molecule has 1 aromatic carbocycles. The van der Waals surface area contributed by atoms with Gasteiger partial charge in [-0.25, -0.2) is 9.97 Å². The van der Waals surface area contributed by atoms with E-state index in [1.807, 2.05) is 0 Å². The molecule has 3 heteroatoms. The Hall–Kier alpha value is -1.90. The number of aromatic nitrogens is 2. The summed E-state index contributed by atoms with van der Waals surface area (Å²) in [6.45, 7) is 7.43. The van der Waals surface area contributed by atoms with Gasteiger partial charge in [0.15, 0.2) is 11.6 Å². The fourth-order valence-corrected chi connectivity index (χ4v) is 4.59. The SMILES string of the molecule is CCCCC[C@H]1CC[C@H](c2ccc(-c3ncc(OCCCC)cn3)cc2C)CC1. The first kappa shape index (κ1) is 21.8. The Morgan fingerprint density at radius 2 is 1.66 bits per heavy atom. The molecule has 0 N–H and O–H groups in total. The van der Waals surface area contributed by atoms with E-state index in [9.17, 15) is 0 Å². The van der Waals surface area contributed by atoms with Gasteiger partial charge in [-0.1, -0.05) is 58.1 Å². The minimum atomic E-state index is 0.724. The Morgan fingerprint density at radius 3 is 2.31 bits per heavy atom. The number of hydrogen-bond acceptors (Lipinski definition) is 3. The summed E-state index contributed by atoms with van der Waals surface area (Å²) in [5.41, 5.74) is 4.00. The van der Waals surface area contributed by atoms with E-state index in [4.69, 9.17) is 4.74 Å². The highest BCUT2D eigenvalue weighted by atomic mass is 16.5. The molecule has 158 valence electrons. The van der Waals surface area contributed by atoms with Crippen LogP contribution in [0.5, 0.6) is 5.75 Å². The molecule has 1 fully saturated rings. The fourth-order valence-electron chi connectivity index (χ4n) is 4.59. The number of ether oxygens (including phenoxy) is 1. The van der Waals surface area contributed by atoms with Crippen molar-refractivity contribution in [1.29, 1.82) is 0 Å². The van der Waals surface area contributed by atoms with Crippen molar-refractivity contribution in [2.45, 2.75) is 90.9 Å². The summed E-state index contributed by atoms with van der Waals surface area (Å²) >= 11 is 0. The van der Waals surface area contributed by atoms with E-state index in [0.717, 1.165) is 48.4 Å². The lowest BCUT2D eigenvalue weighted by molar-refractivity contribution is 0.302. The van der Waals surface area contributed by atoms with Crippen LogP contribution in [0.2, 0.25) is 0 Å². The third-order valence-electron chi connectivity index (χ3n) is 6.43. The Morgan fingerprint density at radius 1 is 0.931 bits per heavy atom. The van der Waals surface area contributed by atoms with Gasteiger partial charge >= 0.3 is 0 Å². The zero-order chi connectivity index (χ0) is 20.5. The third-order valence-corrected chi connectivity index (χ3v) is 6.43. The van der Waals surface area contributed by atoms with Gasteiger partial charge in [-0.3, -0.25) is 0 Å². The van der Waals surface area contributed by atoms with E-state index in [-0.39, 0.29) is 0 Å². The van der Waals surface area contributed by atoms with Crippen molar-refractivity contribution >= 4 is 0 Å². The van der Waals surface area contributed by atoms with E-state index >= 15 is 0 Å². The van der Waals surface area contributed by atoms with E-state index in [2.05, 4.69) is 48.9 Å². The lowest BCUT2D eigenvalue weighted by Crippen LogP contribution is -2.14. The van der Waals surface area contributed by atoms with Crippen LogP contribution >= 0.6 is 0 Å². The molecule has 1 aliphatic rings. The number of hydrogen-bond donors (Lipinski definition) is 0. The van der Waals surface area contributed by atoms with Gasteiger partial charge in [0.25, 0.3) is 0 Å². The quantitative estimate of drug-likeness (QED) is 0.392. The van der Waals surface area contributed by atoms with Crippen molar-refractivity contribution < 1.29 is 4.74 Å². The third kappa shape index (κ3) is 6.29. The van der Waals surface area contributed by atoms with Gasteiger partial charge < -0.3 is 4.74 Å². The smallest absolute Gasteiger partial charge is 0.159 e. The number of unbranched alkanes of at least 4 members (excludes halogenated alkanes) is 3. The van der Waals surface area contributed by atoms with E-state index < -0.39 is 0 Å². The molecular formula is C26H38N2O. The first-order valence-electron chi connectivity index (χ1n) is 11.8. The molecule has 3 nitrogen and oxygen atoms in total. The van der Waals surface area contributed by atoms with Crippen LogP contribution in [-0.4, -0.2) is 16.6 Å². The molecule has 0 saturated heterocycles. The highest BCUT2D eigenvalue weighted by Crippen LogP contribution is 2.39. The number of nitrogens with zero attached hydrogens (tertiary/aromatic N) is 2. The molecule has 29 heavy (non-hydrogen) atoms. The van der Waals surface area contributed by atoms with Crippen LogP contribution in [0.1, 0.15) is 95.1 Å². The molecule has 1 heterocycles. The molecule has 1 saturated carbocycles. The number of aryl methyl sites for hydroxylation is 1. The predicted molar refractivity (Wildman–Crippen MR) is 121 cm³/mol. The van der Waals surface area contributed by atoms with Gasteiger partial charge in [-0.05, 0) is 68.1 Å². The second-order valence-electron chi connectivity index (χ2n) is 8.73. The van der Waals surface area contributed by atoms with Crippen molar-refractivity contribution in [3.05, 3.63) is 41.7 Å². The summed E-state index contributed by atoms with van der Waals surface area (Å²) in [5.74, 6) is 3.22. The second-order valence-corrected chi connectivity index (χ2v) is 8.73. The maximum atomic E-state index is 5.67. The molecule has 0 amide bonds. The molecule has 3 rings (SSSR count). The number of rotatable bonds is 10. The van der Waals surface area contributed by atoms with Crippen LogP contribution in [0.4, 0.5) is 0 Å². The van der Waals surface area contributed by atoms with Crippen LogP contribution in [0, 0.1) is 12.8 Å². The zero-order valence-corrected chi connectivity index (χ0v) is 18.6. The summed E-state index contributed by atoms with van der Waals surface area (Å²) in [6, 6.07) is 6.78. The Balaban J connectivity index is 1.58. The Kier molecular flexibility index (Phi) is 8.52. The van der Waals surface area contributed by atoms with Crippen molar-refractivity contribution in [2.75, 3.05) is 6.61 Å². The van der Waals surface area contributed by atoms with Gasteiger partial charge in [0.05, 0.1) is 19.0 Å². The van der Waals surface area contributed by atoms with Crippen LogP contribution in [-0.2, 0) is 0 Å². The first-order chi connectivity index (χ1) is 14.2. The van der Waals surface area contributed by atoms with E-state index in [1.54, 1.807) is 12.4 Å². The summed E-state index contributed by atoms with van der Waals surface area (Å²) in [5, 5.41) is 0. The first-order valence-corrected chi connectivity index (χ1v) is 11.8. The highest BCUT2D eigenvalue weighted by Gasteiger charge is 2.23. The lowest BCUT2D eigenvalue weighted by Gasteiger charge is -2.30. The molecule has 0 radical (unpaired) electrons. The van der Waals surface area contributed by atoms with Gasteiger partial charge in [0.1, 0.15) is 0 Å². The lowest BCUT2D eigenvalue weighted by atomic mass is 9.76. The van der Waals surface area contributed by atoms with E-state index in [0.29, 0.717) is 0 Å². The maximum absolute atomic E-state index is 5.67.